The van der Waals surface area contributed by atoms with E-state index in [1.54, 1.807) is 18.4 Å². The van der Waals surface area contributed by atoms with E-state index < -0.39 is 0 Å². The Hall–Kier alpha value is -2.85. The van der Waals surface area contributed by atoms with Gasteiger partial charge in [0, 0.05) is 22.8 Å². The number of hydrogen-bond acceptors (Lipinski definition) is 4. The van der Waals surface area contributed by atoms with Gasteiger partial charge in [-0.05, 0) is 29.8 Å². The SMILES string of the molecule is COc1cccc(Nc2ccnc3cc(-c4ccccc4)sc23)c1. The predicted molar refractivity (Wildman–Crippen MR) is 101 cm³/mol. The van der Waals surface area contributed by atoms with E-state index >= 15 is 0 Å². The number of fused-ring (bicyclic) bond motifs is 1. The minimum Gasteiger partial charge on any atom is -0.497 e. The lowest BCUT2D eigenvalue weighted by Crippen LogP contribution is -1.91. The highest BCUT2D eigenvalue weighted by Crippen LogP contribution is 2.37. The fourth-order valence-corrected chi connectivity index (χ4v) is 3.73. The van der Waals surface area contributed by atoms with Crippen LogP contribution in [0.3, 0.4) is 0 Å². The first-order valence-corrected chi connectivity index (χ1v) is 8.50. The van der Waals surface area contributed by atoms with Crippen molar-refractivity contribution in [2.45, 2.75) is 0 Å². The number of ether oxygens (including phenoxy) is 1. The molecule has 1 N–H and O–H groups in total. The van der Waals surface area contributed by atoms with E-state index in [1.807, 2.05) is 42.6 Å². The normalized spacial score (nSPS) is 10.7. The van der Waals surface area contributed by atoms with Crippen molar-refractivity contribution in [1.82, 2.24) is 4.98 Å². The summed E-state index contributed by atoms with van der Waals surface area (Å²) in [4.78, 5) is 5.73. The lowest BCUT2D eigenvalue weighted by atomic mass is 10.2. The van der Waals surface area contributed by atoms with Crippen LogP contribution in [0, 0.1) is 0 Å². The molecule has 0 atom stereocenters. The third kappa shape index (κ3) is 2.84. The highest BCUT2D eigenvalue weighted by molar-refractivity contribution is 7.22. The van der Waals surface area contributed by atoms with E-state index in [4.69, 9.17) is 4.74 Å². The Balaban J connectivity index is 1.74. The molecule has 0 aliphatic rings. The first-order valence-electron chi connectivity index (χ1n) is 7.68. The van der Waals surface area contributed by atoms with Crippen LogP contribution in [0.25, 0.3) is 20.7 Å². The molecule has 4 aromatic rings. The molecule has 0 aliphatic carbocycles. The lowest BCUT2D eigenvalue weighted by molar-refractivity contribution is 0.415. The summed E-state index contributed by atoms with van der Waals surface area (Å²) in [6.45, 7) is 0. The number of methoxy groups -OCH3 is 1. The van der Waals surface area contributed by atoms with Gasteiger partial charge in [0.25, 0.3) is 0 Å². The molecule has 2 aromatic carbocycles. The monoisotopic (exact) mass is 332 g/mol. The van der Waals surface area contributed by atoms with Crippen LogP contribution in [0.1, 0.15) is 0 Å². The summed E-state index contributed by atoms with van der Waals surface area (Å²) in [6, 6.07) is 22.5. The highest BCUT2D eigenvalue weighted by atomic mass is 32.1. The van der Waals surface area contributed by atoms with E-state index in [9.17, 15) is 0 Å². The molecule has 118 valence electrons. The van der Waals surface area contributed by atoms with Crippen molar-refractivity contribution >= 4 is 32.9 Å². The molecule has 0 fully saturated rings. The molecular weight excluding hydrogens is 316 g/mol. The maximum atomic E-state index is 5.29. The minimum absolute atomic E-state index is 0.835. The number of hydrogen-bond donors (Lipinski definition) is 1. The summed E-state index contributed by atoms with van der Waals surface area (Å²) in [5.74, 6) is 0.835. The van der Waals surface area contributed by atoms with Crippen molar-refractivity contribution in [3.05, 3.63) is 72.9 Å². The number of rotatable bonds is 4. The summed E-state index contributed by atoms with van der Waals surface area (Å²) in [7, 11) is 1.68. The zero-order valence-electron chi connectivity index (χ0n) is 13.2. The molecule has 2 heterocycles. The number of pyridine rings is 1. The largest absolute Gasteiger partial charge is 0.497 e. The molecule has 0 amide bonds. The van der Waals surface area contributed by atoms with Gasteiger partial charge in [-0.1, -0.05) is 36.4 Å². The summed E-state index contributed by atoms with van der Waals surface area (Å²) >= 11 is 1.75. The van der Waals surface area contributed by atoms with Gasteiger partial charge in [0.05, 0.1) is 23.0 Å². The molecule has 0 saturated carbocycles. The molecule has 0 radical (unpaired) electrons. The van der Waals surface area contributed by atoms with Crippen LogP contribution in [0.2, 0.25) is 0 Å². The Bertz CT molecular complexity index is 979. The third-order valence-corrected chi connectivity index (χ3v) is 5.03. The average Bonchev–Trinajstić information content (AvgIpc) is 3.08. The molecule has 0 bridgehead atoms. The second-order valence-corrected chi connectivity index (χ2v) is 6.46. The zero-order valence-corrected chi connectivity index (χ0v) is 14.0. The number of anilines is 2. The molecule has 0 spiro atoms. The first-order chi connectivity index (χ1) is 11.8. The Labute approximate surface area is 144 Å². The van der Waals surface area contributed by atoms with E-state index in [-0.39, 0.29) is 0 Å². The van der Waals surface area contributed by atoms with E-state index in [1.165, 1.54) is 10.4 Å². The van der Waals surface area contributed by atoms with Crippen LogP contribution in [0.5, 0.6) is 5.75 Å². The number of thiophene rings is 1. The average molecular weight is 332 g/mol. The van der Waals surface area contributed by atoms with Crippen LogP contribution in [-0.2, 0) is 0 Å². The Morgan fingerprint density at radius 2 is 1.83 bits per heavy atom. The van der Waals surface area contributed by atoms with Gasteiger partial charge in [-0.2, -0.15) is 0 Å². The Morgan fingerprint density at radius 1 is 0.958 bits per heavy atom. The molecule has 4 rings (SSSR count). The van der Waals surface area contributed by atoms with E-state index in [0.29, 0.717) is 0 Å². The molecule has 24 heavy (non-hydrogen) atoms. The topological polar surface area (TPSA) is 34.1 Å². The molecule has 0 aliphatic heterocycles. The lowest BCUT2D eigenvalue weighted by Gasteiger charge is -2.08. The standard InChI is InChI=1S/C20H16N2OS/c1-23-16-9-5-8-15(12-16)22-17-10-11-21-18-13-19(24-20(17)18)14-6-3-2-4-7-14/h2-13H,1H3,(H,21,22). The van der Waals surface area contributed by atoms with E-state index in [0.717, 1.165) is 27.3 Å². The van der Waals surface area contributed by atoms with Gasteiger partial charge >= 0.3 is 0 Å². The summed E-state index contributed by atoms with van der Waals surface area (Å²) in [5.41, 5.74) is 4.27. The van der Waals surface area contributed by atoms with Crippen molar-refractivity contribution in [3.63, 3.8) is 0 Å². The Kier molecular flexibility index (Phi) is 3.89. The summed E-state index contributed by atoms with van der Waals surface area (Å²) in [6.07, 6.45) is 1.84. The van der Waals surface area contributed by atoms with Gasteiger partial charge in [0.1, 0.15) is 5.75 Å². The third-order valence-electron chi connectivity index (χ3n) is 3.82. The molecular formula is C20H16N2OS. The van der Waals surface area contributed by atoms with Crippen LogP contribution < -0.4 is 10.1 Å². The summed E-state index contributed by atoms with van der Waals surface area (Å²) in [5, 5.41) is 3.48. The summed E-state index contributed by atoms with van der Waals surface area (Å²) < 4.78 is 6.44. The van der Waals surface area contributed by atoms with E-state index in [2.05, 4.69) is 40.6 Å². The van der Waals surface area contributed by atoms with Gasteiger partial charge in [0.15, 0.2) is 0 Å². The quantitative estimate of drug-likeness (QED) is 0.519. The second kappa shape index (κ2) is 6.34. The van der Waals surface area contributed by atoms with Gasteiger partial charge < -0.3 is 10.1 Å². The fourth-order valence-electron chi connectivity index (χ4n) is 2.64. The van der Waals surface area contributed by atoms with Crippen molar-refractivity contribution < 1.29 is 4.74 Å². The number of benzene rings is 2. The number of aromatic nitrogens is 1. The van der Waals surface area contributed by atoms with Crippen LogP contribution in [-0.4, -0.2) is 12.1 Å². The minimum atomic E-state index is 0.835. The van der Waals surface area contributed by atoms with Gasteiger partial charge in [0.2, 0.25) is 0 Å². The smallest absolute Gasteiger partial charge is 0.120 e. The molecule has 3 nitrogen and oxygen atoms in total. The van der Waals surface area contributed by atoms with Gasteiger partial charge in [-0.25, -0.2) is 0 Å². The predicted octanol–water partition coefficient (Wildman–Crippen LogP) is 5.72. The maximum absolute atomic E-state index is 5.29. The Morgan fingerprint density at radius 3 is 2.67 bits per heavy atom. The zero-order chi connectivity index (χ0) is 16.4. The fraction of sp³-hybridized carbons (Fsp3) is 0.0500. The molecule has 0 saturated heterocycles. The maximum Gasteiger partial charge on any atom is 0.120 e. The number of nitrogens with zero attached hydrogens (tertiary/aromatic N) is 1. The van der Waals surface area contributed by atoms with Crippen molar-refractivity contribution in [1.29, 1.82) is 0 Å². The van der Waals surface area contributed by atoms with Gasteiger partial charge in [-0.3, -0.25) is 4.98 Å². The van der Waals surface area contributed by atoms with Crippen molar-refractivity contribution in [2.24, 2.45) is 0 Å². The number of nitrogens with one attached hydrogen (secondary N) is 1. The highest BCUT2D eigenvalue weighted by Gasteiger charge is 2.09. The molecule has 2 aromatic heterocycles. The van der Waals surface area contributed by atoms with Crippen LogP contribution in [0.15, 0.2) is 72.9 Å². The van der Waals surface area contributed by atoms with Crippen molar-refractivity contribution in [3.8, 4) is 16.2 Å². The van der Waals surface area contributed by atoms with Crippen LogP contribution >= 0.6 is 11.3 Å². The molecule has 4 heteroatoms. The van der Waals surface area contributed by atoms with Gasteiger partial charge in [-0.15, -0.1) is 11.3 Å². The molecule has 0 unspecified atom stereocenters. The van der Waals surface area contributed by atoms with Crippen LogP contribution in [0.4, 0.5) is 11.4 Å². The van der Waals surface area contributed by atoms with Crippen molar-refractivity contribution in [2.75, 3.05) is 12.4 Å². The first kappa shape index (κ1) is 14.7. The second-order valence-electron chi connectivity index (χ2n) is 5.41.